The molecule has 1 amide bonds. The van der Waals surface area contributed by atoms with Crippen molar-refractivity contribution in [3.63, 3.8) is 0 Å². The summed E-state index contributed by atoms with van der Waals surface area (Å²) in [6.45, 7) is 2.67. The van der Waals surface area contributed by atoms with Crippen LogP contribution >= 0.6 is 27.5 Å². The zero-order valence-corrected chi connectivity index (χ0v) is 14.6. The monoisotopic (exact) mass is 394 g/mol. The average molecular weight is 396 g/mol. The van der Waals surface area contributed by atoms with Crippen molar-refractivity contribution in [1.82, 2.24) is 5.32 Å². The van der Waals surface area contributed by atoms with E-state index in [2.05, 4.69) is 28.2 Å². The third-order valence-electron chi connectivity index (χ3n) is 3.80. The highest BCUT2D eigenvalue weighted by molar-refractivity contribution is 9.10. The number of carbonyl (C=O) groups is 1. The Hall–Kier alpha value is -0.630. The highest BCUT2D eigenvalue weighted by Gasteiger charge is 2.32. The minimum absolute atomic E-state index is 0.126. The van der Waals surface area contributed by atoms with Crippen molar-refractivity contribution >= 4 is 43.5 Å². The van der Waals surface area contributed by atoms with Gasteiger partial charge in [-0.25, -0.2) is 13.6 Å². The van der Waals surface area contributed by atoms with Crippen molar-refractivity contribution in [2.75, 3.05) is 6.54 Å². The molecule has 1 aromatic carbocycles. The van der Waals surface area contributed by atoms with E-state index >= 15 is 0 Å². The maximum absolute atomic E-state index is 12.2. The molecule has 0 radical (unpaired) electrons. The first-order chi connectivity index (χ1) is 9.62. The third-order valence-corrected chi connectivity index (χ3v) is 6.38. The summed E-state index contributed by atoms with van der Waals surface area (Å²) in [6, 6.07) is 2.64. The largest absolute Gasteiger partial charge is 0.351 e. The number of nitrogens with two attached hydrogens (primary N) is 1. The van der Waals surface area contributed by atoms with Crippen LogP contribution in [0.5, 0.6) is 0 Å². The van der Waals surface area contributed by atoms with E-state index in [0.29, 0.717) is 6.54 Å². The van der Waals surface area contributed by atoms with Crippen molar-refractivity contribution in [3.05, 3.63) is 27.2 Å². The second-order valence-corrected chi connectivity index (χ2v) is 8.39. The van der Waals surface area contributed by atoms with Crippen LogP contribution in [0.1, 0.15) is 36.5 Å². The zero-order chi connectivity index (χ0) is 15.8. The maximum atomic E-state index is 12.2. The quantitative estimate of drug-likeness (QED) is 0.821. The molecule has 1 saturated carbocycles. The molecule has 0 spiro atoms. The second-order valence-electron chi connectivity index (χ2n) is 5.66. The second kappa shape index (κ2) is 5.87. The third kappa shape index (κ3) is 3.77. The minimum atomic E-state index is -3.96. The van der Waals surface area contributed by atoms with Crippen molar-refractivity contribution in [3.8, 4) is 0 Å². The molecule has 8 heteroatoms. The lowest BCUT2D eigenvalue weighted by Crippen LogP contribution is -2.40. The van der Waals surface area contributed by atoms with Crippen LogP contribution in [0.2, 0.25) is 5.02 Å². The van der Waals surface area contributed by atoms with Gasteiger partial charge in [0.1, 0.15) is 0 Å². The van der Waals surface area contributed by atoms with Crippen molar-refractivity contribution in [1.29, 1.82) is 0 Å². The van der Waals surface area contributed by atoms with Gasteiger partial charge in [-0.3, -0.25) is 4.79 Å². The standard InChI is InChI=1S/C13H16BrClN2O3S/c1-13(3-2-4-13)7-17-12(18)8-5-9(15)11(14)10(6-8)21(16,19)20/h5-6H,2-4,7H2,1H3,(H,17,18)(H2,16,19,20). The molecular formula is C13H16BrClN2O3S. The highest BCUT2D eigenvalue weighted by Crippen LogP contribution is 2.39. The Morgan fingerprint density at radius 3 is 2.57 bits per heavy atom. The van der Waals surface area contributed by atoms with Gasteiger partial charge in [0, 0.05) is 12.1 Å². The van der Waals surface area contributed by atoms with Crippen LogP contribution in [0, 0.1) is 5.41 Å². The summed E-state index contributed by atoms with van der Waals surface area (Å²) in [5.74, 6) is -0.359. The predicted octanol–water partition coefficient (Wildman–Crippen LogP) is 2.67. The molecule has 5 nitrogen and oxygen atoms in total. The number of halogens is 2. The van der Waals surface area contributed by atoms with E-state index < -0.39 is 10.0 Å². The Balaban J connectivity index is 2.23. The predicted molar refractivity (Wildman–Crippen MR) is 84.8 cm³/mol. The average Bonchev–Trinajstić information content (AvgIpc) is 2.35. The minimum Gasteiger partial charge on any atom is -0.351 e. The summed E-state index contributed by atoms with van der Waals surface area (Å²) in [6.07, 6.45) is 3.33. The van der Waals surface area contributed by atoms with Crippen LogP contribution in [0.3, 0.4) is 0 Å². The summed E-state index contributed by atoms with van der Waals surface area (Å²) in [7, 11) is -3.96. The number of benzene rings is 1. The Morgan fingerprint density at radius 2 is 2.10 bits per heavy atom. The van der Waals surface area contributed by atoms with Crippen LogP contribution < -0.4 is 10.5 Å². The molecule has 0 atom stereocenters. The summed E-state index contributed by atoms with van der Waals surface area (Å²) >= 11 is 9.02. The van der Waals surface area contributed by atoms with Crippen molar-refractivity contribution < 1.29 is 13.2 Å². The van der Waals surface area contributed by atoms with E-state index in [9.17, 15) is 13.2 Å². The van der Waals surface area contributed by atoms with Gasteiger partial charge in [-0.05, 0) is 46.3 Å². The summed E-state index contributed by atoms with van der Waals surface area (Å²) in [5.41, 5.74) is 0.313. The Kier molecular flexibility index (Phi) is 4.68. The Morgan fingerprint density at radius 1 is 1.48 bits per heavy atom. The van der Waals surface area contributed by atoms with Gasteiger partial charge in [-0.1, -0.05) is 24.9 Å². The number of carbonyl (C=O) groups excluding carboxylic acids is 1. The fraction of sp³-hybridized carbons (Fsp3) is 0.462. The van der Waals surface area contributed by atoms with Crippen molar-refractivity contribution in [2.45, 2.75) is 31.1 Å². The first-order valence-electron chi connectivity index (χ1n) is 6.42. The lowest BCUT2D eigenvalue weighted by Gasteiger charge is -2.38. The first kappa shape index (κ1) is 16.7. The molecule has 0 unspecified atom stereocenters. The van der Waals surface area contributed by atoms with E-state index in [0.717, 1.165) is 12.8 Å². The van der Waals surface area contributed by atoms with Crippen LogP contribution in [-0.4, -0.2) is 20.9 Å². The number of primary sulfonamides is 1. The van der Waals surface area contributed by atoms with E-state index in [1.807, 2.05) is 0 Å². The fourth-order valence-corrected chi connectivity index (χ4v) is 4.09. The summed E-state index contributed by atoms with van der Waals surface area (Å²) in [4.78, 5) is 12.0. The molecular weight excluding hydrogens is 380 g/mol. The molecule has 0 aliphatic heterocycles. The van der Waals surface area contributed by atoms with Gasteiger partial charge in [0.05, 0.1) is 14.4 Å². The van der Waals surface area contributed by atoms with Gasteiger partial charge in [0.15, 0.2) is 0 Å². The summed E-state index contributed by atoms with van der Waals surface area (Å²) < 4.78 is 23.2. The SMILES string of the molecule is CC1(CNC(=O)c2cc(Cl)c(Br)c(S(N)(=O)=O)c2)CCC1. The van der Waals surface area contributed by atoms with Crippen LogP contribution in [-0.2, 0) is 10.0 Å². The van der Waals surface area contributed by atoms with E-state index in [4.69, 9.17) is 16.7 Å². The molecule has 1 aromatic rings. The van der Waals surface area contributed by atoms with Crippen LogP contribution in [0.15, 0.2) is 21.5 Å². The fourth-order valence-electron chi connectivity index (χ4n) is 2.25. The van der Waals surface area contributed by atoms with Gasteiger partial charge in [-0.2, -0.15) is 0 Å². The summed E-state index contributed by atoms with van der Waals surface area (Å²) in [5, 5.41) is 8.07. The number of amides is 1. The van der Waals surface area contributed by atoms with Crippen LogP contribution in [0.25, 0.3) is 0 Å². The molecule has 0 aromatic heterocycles. The molecule has 0 heterocycles. The van der Waals surface area contributed by atoms with Gasteiger partial charge < -0.3 is 5.32 Å². The molecule has 1 aliphatic rings. The number of sulfonamides is 1. The lowest BCUT2D eigenvalue weighted by atomic mass is 9.70. The van der Waals surface area contributed by atoms with E-state index in [-0.39, 0.29) is 31.3 Å². The molecule has 1 aliphatic carbocycles. The Bertz CT molecular complexity index is 687. The normalized spacial score (nSPS) is 17.1. The van der Waals surface area contributed by atoms with Gasteiger partial charge in [0.2, 0.25) is 10.0 Å². The number of nitrogens with one attached hydrogen (secondary N) is 1. The molecule has 3 N–H and O–H groups in total. The number of hydrogen-bond acceptors (Lipinski definition) is 3. The molecule has 2 rings (SSSR count). The van der Waals surface area contributed by atoms with E-state index in [1.54, 1.807) is 0 Å². The highest BCUT2D eigenvalue weighted by atomic mass is 79.9. The van der Waals surface area contributed by atoms with Gasteiger partial charge >= 0.3 is 0 Å². The molecule has 1 fully saturated rings. The smallest absolute Gasteiger partial charge is 0.251 e. The molecule has 0 saturated heterocycles. The number of rotatable bonds is 4. The number of hydrogen-bond donors (Lipinski definition) is 2. The first-order valence-corrected chi connectivity index (χ1v) is 9.14. The Labute approximate surface area is 137 Å². The van der Waals surface area contributed by atoms with E-state index in [1.165, 1.54) is 18.6 Å². The molecule has 21 heavy (non-hydrogen) atoms. The molecule has 116 valence electrons. The topological polar surface area (TPSA) is 89.3 Å². The lowest BCUT2D eigenvalue weighted by molar-refractivity contribution is 0.0890. The molecule has 0 bridgehead atoms. The van der Waals surface area contributed by atoms with Crippen molar-refractivity contribution in [2.24, 2.45) is 10.6 Å². The zero-order valence-electron chi connectivity index (χ0n) is 11.4. The van der Waals surface area contributed by atoms with Gasteiger partial charge in [0.25, 0.3) is 5.91 Å². The van der Waals surface area contributed by atoms with Crippen LogP contribution in [0.4, 0.5) is 0 Å². The maximum Gasteiger partial charge on any atom is 0.251 e. The van der Waals surface area contributed by atoms with Gasteiger partial charge in [-0.15, -0.1) is 0 Å².